The zero-order valence-electron chi connectivity index (χ0n) is 12.3. The standard InChI is InChI=1S/C16H18ClNO3S/c1-10-8-21-13(7-19)6-18(10)16(20)4-11-9-22-15-3-2-12(17)5-14(11)15/h2-3,5,9-10,13,19H,4,6-8H2,1H3. The number of nitrogens with zero attached hydrogens (tertiary/aromatic N) is 1. The number of amides is 1. The molecule has 118 valence electrons. The highest BCUT2D eigenvalue weighted by Crippen LogP contribution is 2.29. The molecule has 0 radical (unpaired) electrons. The molecule has 0 bridgehead atoms. The smallest absolute Gasteiger partial charge is 0.227 e. The summed E-state index contributed by atoms with van der Waals surface area (Å²) in [4.78, 5) is 14.4. The van der Waals surface area contributed by atoms with E-state index in [1.165, 1.54) is 0 Å². The first kappa shape index (κ1) is 15.7. The van der Waals surface area contributed by atoms with Crippen molar-refractivity contribution in [3.05, 3.63) is 34.2 Å². The second-order valence-electron chi connectivity index (χ2n) is 5.61. The molecule has 2 heterocycles. The highest BCUT2D eigenvalue weighted by molar-refractivity contribution is 7.17. The Morgan fingerprint density at radius 1 is 1.55 bits per heavy atom. The van der Waals surface area contributed by atoms with Crippen LogP contribution in [0.3, 0.4) is 0 Å². The van der Waals surface area contributed by atoms with Crippen LogP contribution in [0.15, 0.2) is 23.6 Å². The summed E-state index contributed by atoms with van der Waals surface area (Å²) in [6, 6.07) is 5.79. The fourth-order valence-corrected chi connectivity index (χ4v) is 3.85. The van der Waals surface area contributed by atoms with Gasteiger partial charge in [-0.25, -0.2) is 0 Å². The molecule has 2 aromatic rings. The van der Waals surface area contributed by atoms with Gasteiger partial charge in [0.2, 0.25) is 5.91 Å². The average molecular weight is 340 g/mol. The van der Waals surface area contributed by atoms with Gasteiger partial charge in [-0.05, 0) is 41.5 Å². The molecule has 0 saturated carbocycles. The zero-order chi connectivity index (χ0) is 15.7. The maximum Gasteiger partial charge on any atom is 0.227 e. The van der Waals surface area contributed by atoms with E-state index in [0.29, 0.717) is 24.6 Å². The second kappa shape index (κ2) is 6.54. The summed E-state index contributed by atoms with van der Waals surface area (Å²) in [5.74, 6) is 0.0638. The van der Waals surface area contributed by atoms with Crippen LogP contribution >= 0.6 is 22.9 Å². The van der Waals surface area contributed by atoms with Crippen molar-refractivity contribution in [2.75, 3.05) is 19.8 Å². The van der Waals surface area contributed by atoms with Crippen LogP contribution in [-0.2, 0) is 16.0 Å². The van der Waals surface area contributed by atoms with Gasteiger partial charge in [-0.2, -0.15) is 0 Å². The van der Waals surface area contributed by atoms with Gasteiger partial charge in [0, 0.05) is 16.3 Å². The van der Waals surface area contributed by atoms with Crippen LogP contribution in [0.4, 0.5) is 0 Å². The molecular formula is C16H18ClNO3S. The number of ether oxygens (including phenoxy) is 1. The molecule has 1 amide bonds. The lowest BCUT2D eigenvalue weighted by Crippen LogP contribution is -2.52. The van der Waals surface area contributed by atoms with E-state index in [1.807, 2.05) is 30.5 Å². The SMILES string of the molecule is CC1COC(CO)CN1C(=O)Cc1csc2ccc(Cl)cc12. The van der Waals surface area contributed by atoms with Crippen molar-refractivity contribution in [3.63, 3.8) is 0 Å². The van der Waals surface area contributed by atoms with Gasteiger partial charge in [0.15, 0.2) is 0 Å². The van der Waals surface area contributed by atoms with E-state index < -0.39 is 0 Å². The molecule has 0 aliphatic carbocycles. The monoisotopic (exact) mass is 339 g/mol. The number of carbonyl (C=O) groups is 1. The molecule has 22 heavy (non-hydrogen) atoms. The van der Waals surface area contributed by atoms with E-state index in [4.69, 9.17) is 16.3 Å². The van der Waals surface area contributed by atoms with Crippen LogP contribution < -0.4 is 0 Å². The van der Waals surface area contributed by atoms with Crippen LogP contribution in [0, 0.1) is 0 Å². The molecule has 3 rings (SSSR count). The van der Waals surface area contributed by atoms with E-state index in [2.05, 4.69) is 0 Å². The molecule has 1 aromatic carbocycles. The lowest BCUT2D eigenvalue weighted by molar-refractivity contribution is -0.145. The Morgan fingerprint density at radius 3 is 3.14 bits per heavy atom. The van der Waals surface area contributed by atoms with Gasteiger partial charge in [-0.1, -0.05) is 11.6 Å². The fraction of sp³-hybridized carbons (Fsp3) is 0.438. The Labute approximate surface area is 138 Å². The van der Waals surface area contributed by atoms with E-state index in [0.717, 1.165) is 15.6 Å². The minimum absolute atomic E-state index is 0.0313. The third kappa shape index (κ3) is 3.13. The quantitative estimate of drug-likeness (QED) is 0.935. The zero-order valence-corrected chi connectivity index (χ0v) is 13.9. The predicted molar refractivity (Wildman–Crippen MR) is 88.5 cm³/mol. The number of carbonyl (C=O) groups excluding carboxylic acids is 1. The number of benzene rings is 1. The Morgan fingerprint density at radius 2 is 2.36 bits per heavy atom. The number of rotatable bonds is 3. The number of hydrogen-bond acceptors (Lipinski definition) is 4. The van der Waals surface area contributed by atoms with Gasteiger partial charge in [0.05, 0.1) is 31.8 Å². The van der Waals surface area contributed by atoms with Gasteiger partial charge in [-0.15, -0.1) is 11.3 Å². The third-order valence-electron chi connectivity index (χ3n) is 3.99. The summed E-state index contributed by atoms with van der Waals surface area (Å²) in [7, 11) is 0. The average Bonchev–Trinajstić information content (AvgIpc) is 2.90. The summed E-state index contributed by atoms with van der Waals surface area (Å²) < 4.78 is 6.62. The number of fused-ring (bicyclic) bond motifs is 1. The lowest BCUT2D eigenvalue weighted by atomic mass is 10.1. The van der Waals surface area contributed by atoms with Crippen molar-refractivity contribution in [1.29, 1.82) is 0 Å². The summed E-state index contributed by atoms with van der Waals surface area (Å²) in [6.07, 6.45) is 0.0665. The molecule has 1 N–H and O–H groups in total. The van der Waals surface area contributed by atoms with Crippen molar-refractivity contribution in [1.82, 2.24) is 4.90 Å². The maximum atomic E-state index is 12.6. The first-order chi connectivity index (χ1) is 10.6. The van der Waals surface area contributed by atoms with E-state index in [1.54, 1.807) is 16.2 Å². The fourth-order valence-electron chi connectivity index (χ4n) is 2.73. The Kier molecular flexibility index (Phi) is 4.68. The number of aliphatic hydroxyl groups is 1. The number of morpholine rings is 1. The van der Waals surface area contributed by atoms with Crippen LogP contribution in [0.1, 0.15) is 12.5 Å². The first-order valence-electron chi connectivity index (χ1n) is 7.26. The summed E-state index contributed by atoms with van der Waals surface area (Å²) >= 11 is 7.68. The molecular weight excluding hydrogens is 322 g/mol. The summed E-state index contributed by atoms with van der Waals surface area (Å²) in [5.41, 5.74) is 1.01. The van der Waals surface area contributed by atoms with Crippen molar-refractivity contribution in [3.8, 4) is 0 Å². The molecule has 1 saturated heterocycles. The number of hydrogen-bond donors (Lipinski definition) is 1. The number of thiophene rings is 1. The highest BCUT2D eigenvalue weighted by Gasteiger charge is 2.29. The highest BCUT2D eigenvalue weighted by atomic mass is 35.5. The lowest BCUT2D eigenvalue weighted by Gasteiger charge is -2.37. The van der Waals surface area contributed by atoms with Gasteiger partial charge in [0.25, 0.3) is 0 Å². The Balaban J connectivity index is 1.79. The van der Waals surface area contributed by atoms with Crippen molar-refractivity contribution in [2.45, 2.75) is 25.5 Å². The normalized spacial score (nSPS) is 22.2. The van der Waals surface area contributed by atoms with Gasteiger partial charge in [-0.3, -0.25) is 4.79 Å². The minimum atomic E-state index is -0.284. The summed E-state index contributed by atoms with van der Waals surface area (Å²) in [5, 5.41) is 13.0. The van der Waals surface area contributed by atoms with Crippen molar-refractivity contribution in [2.24, 2.45) is 0 Å². The van der Waals surface area contributed by atoms with E-state index in [-0.39, 0.29) is 24.7 Å². The van der Waals surface area contributed by atoms with Gasteiger partial charge >= 0.3 is 0 Å². The third-order valence-corrected chi connectivity index (χ3v) is 5.23. The molecule has 2 atom stereocenters. The summed E-state index contributed by atoms with van der Waals surface area (Å²) in [6.45, 7) is 2.81. The molecule has 2 unspecified atom stereocenters. The Bertz CT molecular complexity index is 687. The van der Waals surface area contributed by atoms with Crippen LogP contribution in [0.2, 0.25) is 5.02 Å². The van der Waals surface area contributed by atoms with E-state index >= 15 is 0 Å². The Hall–Kier alpha value is -1.14. The van der Waals surface area contributed by atoms with E-state index in [9.17, 15) is 9.90 Å². The van der Waals surface area contributed by atoms with Crippen LogP contribution in [-0.4, -0.2) is 47.8 Å². The van der Waals surface area contributed by atoms with Gasteiger partial charge in [0.1, 0.15) is 0 Å². The maximum absolute atomic E-state index is 12.6. The van der Waals surface area contributed by atoms with Crippen molar-refractivity contribution >= 4 is 38.9 Å². The van der Waals surface area contributed by atoms with Crippen LogP contribution in [0.25, 0.3) is 10.1 Å². The molecule has 4 nitrogen and oxygen atoms in total. The second-order valence-corrected chi connectivity index (χ2v) is 6.96. The number of halogens is 1. The van der Waals surface area contributed by atoms with Gasteiger partial charge < -0.3 is 14.7 Å². The van der Waals surface area contributed by atoms with Crippen molar-refractivity contribution < 1.29 is 14.6 Å². The minimum Gasteiger partial charge on any atom is -0.394 e. The topological polar surface area (TPSA) is 49.8 Å². The molecule has 1 aliphatic rings. The van der Waals surface area contributed by atoms with Crippen LogP contribution in [0.5, 0.6) is 0 Å². The first-order valence-corrected chi connectivity index (χ1v) is 8.52. The molecule has 0 spiro atoms. The number of aliphatic hydroxyl groups excluding tert-OH is 1. The predicted octanol–water partition coefficient (Wildman–Crippen LogP) is 2.71. The largest absolute Gasteiger partial charge is 0.394 e. The molecule has 6 heteroatoms. The molecule has 1 fully saturated rings. The molecule has 1 aliphatic heterocycles. The molecule has 1 aromatic heterocycles.